The molecule has 1 unspecified atom stereocenters. The van der Waals surface area contributed by atoms with E-state index in [2.05, 4.69) is 11.1 Å². The quantitative estimate of drug-likeness (QED) is 0.747. The molecule has 7 heteroatoms. The zero-order valence-corrected chi connectivity index (χ0v) is 14.1. The number of nitrogens with one attached hydrogen (secondary N) is 1. The first-order chi connectivity index (χ1) is 11.5. The summed E-state index contributed by atoms with van der Waals surface area (Å²) in [5.41, 5.74) is 8.50. The Kier molecular flexibility index (Phi) is 5.34. The van der Waals surface area contributed by atoms with E-state index in [1.165, 1.54) is 21.3 Å². The lowest BCUT2D eigenvalue weighted by atomic mass is 9.95. The second-order valence-corrected chi connectivity index (χ2v) is 5.14. The SMILES string of the molecule is COc1ccc(-c2c(CN)[nH]c(C#N)c2C(C)O)c(OC)c1OC. The van der Waals surface area contributed by atoms with E-state index >= 15 is 0 Å². The summed E-state index contributed by atoms with van der Waals surface area (Å²) in [6.07, 6.45) is -0.857. The number of methoxy groups -OCH3 is 3. The molecule has 4 N–H and O–H groups in total. The van der Waals surface area contributed by atoms with Crippen LogP contribution in [0.5, 0.6) is 17.2 Å². The Labute approximate surface area is 140 Å². The van der Waals surface area contributed by atoms with Gasteiger partial charge in [-0.05, 0) is 19.1 Å². The number of hydrogen-bond donors (Lipinski definition) is 3. The number of nitrogens with two attached hydrogens (primary N) is 1. The highest BCUT2D eigenvalue weighted by Gasteiger charge is 2.26. The molecular weight excluding hydrogens is 310 g/mol. The van der Waals surface area contributed by atoms with Gasteiger partial charge in [0.1, 0.15) is 11.8 Å². The average molecular weight is 331 g/mol. The van der Waals surface area contributed by atoms with E-state index in [1.807, 2.05) is 0 Å². The van der Waals surface area contributed by atoms with Crippen LogP contribution in [0.3, 0.4) is 0 Å². The molecule has 0 aliphatic heterocycles. The van der Waals surface area contributed by atoms with E-state index < -0.39 is 6.10 Å². The Morgan fingerprint density at radius 3 is 2.33 bits per heavy atom. The summed E-state index contributed by atoms with van der Waals surface area (Å²) in [6, 6.07) is 5.59. The molecule has 1 aromatic heterocycles. The summed E-state index contributed by atoms with van der Waals surface area (Å²) in [7, 11) is 4.57. The second-order valence-electron chi connectivity index (χ2n) is 5.14. The first kappa shape index (κ1) is 17.7. The minimum Gasteiger partial charge on any atom is -0.493 e. The van der Waals surface area contributed by atoms with Crippen molar-refractivity contribution in [3.05, 3.63) is 29.1 Å². The van der Waals surface area contributed by atoms with Crippen LogP contribution >= 0.6 is 0 Å². The van der Waals surface area contributed by atoms with Crippen molar-refractivity contribution in [2.24, 2.45) is 5.73 Å². The lowest BCUT2D eigenvalue weighted by Crippen LogP contribution is -2.02. The van der Waals surface area contributed by atoms with Crippen molar-refractivity contribution in [3.8, 4) is 34.4 Å². The van der Waals surface area contributed by atoms with Gasteiger partial charge in [-0.3, -0.25) is 0 Å². The van der Waals surface area contributed by atoms with Crippen molar-refractivity contribution in [1.29, 1.82) is 5.26 Å². The molecule has 7 nitrogen and oxygen atoms in total. The van der Waals surface area contributed by atoms with Gasteiger partial charge in [0.25, 0.3) is 0 Å². The summed E-state index contributed by atoms with van der Waals surface area (Å²) in [5, 5.41) is 19.5. The maximum atomic E-state index is 10.2. The van der Waals surface area contributed by atoms with Crippen molar-refractivity contribution in [2.75, 3.05) is 21.3 Å². The number of ether oxygens (including phenoxy) is 3. The molecule has 128 valence electrons. The zero-order valence-electron chi connectivity index (χ0n) is 14.1. The van der Waals surface area contributed by atoms with Gasteiger partial charge in [0, 0.05) is 28.9 Å². The summed E-state index contributed by atoms with van der Waals surface area (Å²) in [5.74, 6) is 1.38. The highest BCUT2D eigenvalue weighted by Crippen LogP contribution is 2.47. The van der Waals surface area contributed by atoms with Gasteiger partial charge in [-0.25, -0.2) is 0 Å². The van der Waals surface area contributed by atoms with E-state index in [-0.39, 0.29) is 12.2 Å². The normalized spacial score (nSPS) is 11.7. The molecule has 0 saturated heterocycles. The molecule has 1 atom stereocenters. The van der Waals surface area contributed by atoms with Crippen LogP contribution < -0.4 is 19.9 Å². The molecule has 0 aliphatic rings. The van der Waals surface area contributed by atoms with Gasteiger partial charge >= 0.3 is 0 Å². The number of rotatable bonds is 6. The van der Waals surface area contributed by atoms with E-state index in [9.17, 15) is 10.4 Å². The molecule has 0 saturated carbocycles. The maximum Gasteiger partial charge on any atom is 0.203 e. The lowest BCUT2D eigenvalue weighted by Gasteiger charge is -2.17. The van der Waals surface area contributed by atoms with Crippen molar-refractivity contribution >= 4 is 0 Å². The van der Waals surface area contributed by atoms with Gasteiger partial charge in [-0.1, -0.05) is 0 Å². The second kappa shape index (κ2) is 7.25. The Morgan fingerprint density at radius 1 is 1.21 bits per heavy atom. The van der Waals surface area contributed by atoms with Crippen LogP contribution in [0, 0.1) is 11.3 Å². The number of hydrogen-bond acceptors (Lipinski definition) is 6. The summed E-state index contributed by atoms with van der Waals surface area (Å²) in [4.78, 5) is 2.97. The van der Waals surface area contributed by atoms with E-state index in [1.54, 1.807) is 19.1 Å². The molecule has 2 aromatic rings. The lowest BCUT2D eigenvalue weighted by molar-refractivity contribution is 0.199. The average Bonchev–Trinajstić information content (AvgIpc) is 2.98. The Balaban J connectivity index is 2.86. The molecule has 0 amide bonds. The molecule has 0 aliphatic carbocycles. The third kappa shape index (κ3) is 2.77. The first-order valence-corrected chi connectivity index (χ1v) is 7.36. The van der Waals surface area contributed by atoms with Crippen molar-refractivity contribution in [3.63, 3.8) is 0 Å². The molecule has 0 fully saturated rings. The topological polar surface area (TPSA) is 114 Å². The monoisotopic (exact) mass is 331 g/mol. The molecule has 0 bridgehead atoms. The predicted octanol–water partition coefficient (Wildman–Crippen LogP) is 2.09. The van der Waals surface area contributed by atoms with Gasteiger partial charge in [-0.15, -0.1) is 0 Å². The fourth-order valence-electron chi connectivity index (χ4n) is 2.83. The van der Waals surface area contributed by atoms with Crippen LogP contribution in [-0.2, 0) is 6.54 Å². The number of aromatic amines is 1. The van der Waals surface area contributed by atoms with Crippen LogP contribution in [-0.4, -0.2) is 31.4 Å². The van der Waals surface area contributed by atoms with E-state index in [4.69, 9.17) is 19.9 Å². The van der Waals surface area contributed by atoms with Crippen LogP contribution in [0.25, 0.3) is 11.1 Å². The molecule has 0 radical (unpaired) electrons. The van der Waals surface area contributed by atoms with Gasteiger partial charge in [0.05, 0.1) is 27.4 Å². The fourth-order valence-corrected chi connectivity index (χ4v) is 2.83. The minimum absolute atomic E-state index is 0.175. The fraction of sp³-hybridized carbons (Fsp3) is 0.353. The van der Waals surface area contributed by atoms with Crippen LogP contribution in [0.1, 0.15) is 30.0 Å². The third-order valence-electron chi connectivity index (χ3n) is 3.82. The Morgan fingerprint density at radius 2 is 1.88 bits per heavy atom. The van der Waals surface area contributed by atoms with E-state index in [0.29, 0.717) is 39.6 Å². The summed E-state index contributed by atoms with van der Waals surface area (Å²) < 4.78 is 16.2. The van der Waals surface area contributed by atoms with Gasteiger partial charge in [0.15, 0.2) is 11.5 Å². The van der Waals surface area contributed by atoms with Gasteiger partial charge < -0.3 is 30.0 Å². The number of aromatic nitrogens is 1. The smallest absolute Gasteiger partial charge is 0.203 e. The van der Waals surface area contributed by atoms with Crippen LogP contribution in [0.4, 0.5) is 0 Å². The highest BCUT2D eigenvalue weighted by atomic mass is 16.5. The number of benzene rings is 1. The van der Waals surface area contributed by atoms with Crippen LogP contribution in [0.2, 0.25) is 0 Å². The van der Waals surface area contributed by atoms with Crippen LogP contribution in [0.15, 0.2) is 12.1 Å². The third-order valence-corrected chi connectivity index (χ3v) is 3.82. The van der Waals surface area contributed by atoms with Gasteiger partial charge in [0.2, 0.25) is 5.75 Å². The first-order valence-electron chi connectivity index (χ1n) is 7.36. The van der Waals surface area contributed by atoms with Crippen molar-refractivity contribution in [2.45, 2.75) is 19.6 Å². The molecule has 24 heavy (non-hydrogen) atoms. The maximum absolute atomic E-state index is 10.2. The van der Waals surface area contributed by atoms with Gasteiger partial charge in [-0.2, -0.15) is 5.26 Å². The molecule has 1 aromatic carbocycles. The molecule has 2 rings (SSSR count). The predicted molar refractivity (Wildman–Crippen MR) is 89.1 cm³/mol. The highest BCUT2D eigenvalue weighted by molar-refractivity contribution is 5.82. The number of H-pyrrole nitrogens is 1. The Bertz CT molecular complexity index is 775. The van der Waals surface area contributed by atoms with Crippen molar-refractivity contribution in [1.82, 2.24) is 4.98 Å². The minimum atomic E-state index is -0.857. The number of nitrogens with zero attached hydrogens (tertiary/aromatic N) is 1. The van der Waals surface area contributed by atoms with E-state index in [0.717, 1.165) is 0 Å². The standard InChI is InChI=1S/C17H21N3O4/c1-9(21)14-11(7-18)20-12(8-19)15(14)10-5-6-13(22-2)17(24-4)16(10)23-3/h5-6,9,20-21H,8,19H2,1-4H3. The summed E-state index contributed by atoms with van der Waals surface area (Å²) in [6.45, 7) is 1.77. The molecule has 1 heterocycles. The number of aliphatic hydroxyl groups is 1. The zero-order chi connectivity index (χ0) is 17.9. The largest absolute Gasteiger partial charge is 0.493 e. The molecule has 0 spiro atoms. The molecular formula is C17H21N3O4. The Hall–Kier alpha value is -2.69. The van der Waals surface area contributed by atoms with Crippen molar-refractivity contribution < 1.29 is 19.3 Å². The number of nitriles is 1. The number of aliphatic hydroxyl groups excluding tert-OH is 1. The summed E-state index contributed by atoms with van der Waals surface area (Å²) >= 11 is 0.